The molecule has 1 aliphatic rings. The van der Waals surface area contributed by atoms with Crippen molar-refractivity contribution in [3.63, 3.8) is 0 Å². The minimum atomic E-state index is -0.189. The topological polar surface area (TPSA) is 68.0 Å². The Morgan fingerprint density at radius 1 is 1.62 bits per heavy atom. The van der Waals surface area contributed by atoms with Gasteiger partial charge in [0.1, 0.15) is 0 Å². The van der Waals surface area contributed by atoms with Gasteiger partial charge in [0.15, 0.2) is 0 Å². The largest absolute Gasteiger partial charge is 0.408 e. The van der Waals surface area contributed by atoms with E-state index in [-0.39, 0.29) is 17.3 Å². The van der Waals surface area contributed by atoms with Crippen LogP contribution in [0.1, 0.15) is 24.7 Å². The fraction of sp³-hybridized carbons (Fsp3) is 0.571. The lowest BCUT2D eigenvalue weighted by Crippen LogP contribution is -2.12. The maximum atomic E-state index is 10.9. The van der Waals surface area contributed by atoms with Crippen LogP contribution in [-0.2, 0) is 4.79 Å². The van der Waals surface area contributed by atoms with Gasteiger partial charge < -0.3 is 4.42 Å². The van der Waals surface area contributed by atoms with Gasteiger partial charge in [0.05, 0.1) is 5.33 Å². The van der Waals surface area contributed by atoms with E-state index in [9.17, 15) is 4.79 Å². The van der Waals surface area contributed by atoms with Gasteiger partial charge in [-0.1, -0.05) is 21.0 Å². The molecule has 0 aliphatic heterocycles. The van der Waals surface area contributed by atoms with E-state index in [4.69, 9.17) is 4.42 Å². The van der Waals surface area contributed by atoms with Gasteiger partial charge in [-0.05, 0) is 12.8 Å². The zero-order valence-electron chi connectivity index (χ0n) is 6.79. The molecule has 2 rings (SSSR count). The number of anilines is 1. The third-order valence-electron chi connectivity index (χ3n) is 1.73. The van der Waals surface area contributed by atoms with Crippen LogP contribution in [0.2, 0.25) is 0 Å². The van der Waals surface area contributed by atoms with Gasteiger partial charge >= 0.3 is 6.01 Å². The SMILES string of the molecule is O=C(CBr)Nc1nnc(C2CC2)o1. The van der Waals surface area contributed by atoms with Crippen LogP contribution in [0.15, 0.2) is 4.42 Å². The second-order valence-corrected chi connectivity index (χ2v) is 3.46. The summed E-state index contributed by atoms with van der Waals surface area (Å²) >= 11 is 3.02. The maximum Gasteiger partial charge on any atom is 0.322 e. The quantitative estimate of drug-likeness (QED) is 0.815. The van der Waals surface area contributed by atoms with E-state index in [1.54, 1.807) is 0 Å². The number of nitrogens with one attached hydrogen (secondary N) is 1. The molecule has 1 heterocycles. The van der Waals surface area contributed by atoms with Crippen molar-refractivity contribution in [2.24, 2.45) is 0 Å². The van der Waals surface area contributed by atoms with E-state index in [2.05, 4.69) is 31.4 Å². The minimum absolute atomic E-state index is 0.186. The van der Waals surface area contributed by atoms with Crippen LogP contribution in [0.3, 0.4) is 0 Å². The summed E-state index contributed by atoms with van der Waals surface area (Å²) in [5, 5.41) is 10.2. The van der Waals surface area contributed by atoms with E-state index >= 15 is 0 Å². The Morgan fingerprint density at radius 2 is 2.38 bits per heavy atom. The van der Waals surface area contributed by atoms with Crippen molar-refractivity contribution < 1.29 is 9.21 Å². The lowest BCUT2D eigenvalue weighted by atomic mass is 10.4. The molecule has 0 atom stereocenters. The molecular weight excluding hydrogens is 238 g/mol. The molecule has 1 aliphatic carbocycles. The number of alkyl halides is 1. The number of carbonyl (C=O) groups excluding carboxylic acids is 1. The average molecular weight is 246 g/mol. The highest BCUT2D eigenvalue weighted by atomic mass is 79.9. The van der Waals surface area contributed by atoms with Gasteiger partial charge in [-0.3, -0.25) is 10.1 Å². The first-order valence-corrected chi connectivity index (χ1v) is 5.11. The lowest BCUT2D eigenvalue weighted by molar-refractivity contribution is -0.113. The van der Waals surface area contributed by atoms with Crippen LogP contribution < -0.4 is 5.32 Å². The van der Waals surface area contributed by atoms with Crippen LogP contribution in [-0.4, -0.2) is 21.4 Å². The van der Waals surface area contributed by atoms with Crippen LogP contribution in [0.5, 0.6) is 0 Å². The predicted octanol–water partition coefficient (Wildman–Crippen LogP) is 1.28. The molecule has 6 heteroatoms. The van der Waals surface area contributed by atoms with Crippen molar-refractivity contribution in [1.82, 2.24) is 10.2 Å². The second-order valence-electron chi connectivity index (χ2n) is 2.90. The Bertz CT molecular complexity index is 321. The van der Waals surface area contributed by atoms with E-state index in [0.717, 1.165) is 12.8 Å². The van der Waals surface area contributed by atoms with Crippen molar-refractivity contribution >= 4 is 27.9 Å². The van der Waals surface area contributed by atoms with Crippen molar-refractivity contribution in [2.45, 2.75) is 18.8 Å². The number of rotatable bonds is 3. The van der Waals surface area contributed by atoms with Crippen LogP contribution in [0.4, 0.5) is 6.01 Å². The highest BCUT2D eigenvalue weighted by molar-refractivity contribution is 9.09. The van der Waals surface area contributed by atoms with Crippen LogP contribution >= 0.6 is 15.9 Å². The molecule has 70 valence electrons. The molecule has 1 aromatic rings. The first-order chi connectivity index (χ1) is 6.29. The summed E-state index contributed by atoms with van der Waals surface area (Å²) in [5.41, 5.74) is 0. The molecule has 0 spiro atoms. The van der Waals surface area contributed by atoms with Crippen molar-refractivity contribution in [3.05, 3.63) is 5.89 Å². The molecule has 0 saturated heterocycles. The Kier molecular flexibility index (Phi) is 2.30. The third-order valence-corrected chi connectivity index (χ3v) is 2.24. The molecular formula is C7H8BrN3O2. The molecule has 1 fully saturated rings. The van der Waals surface area contributed by atoms with E-state index in [1.807, 2.05) is 0 Å². The van der Waals surface area contributed by atoms with E-state index in [0.29, 0.717) is 11.8 Å². The van der Waals surface area contributed by atoms with E-state index in [1.165, 1.54) is 0 Å². The lowest BCUT2D eigenvalue weighted by Gasteiger charge is -1.93. The highest BCUT2D eigenvalue weighted by Crippen LogP contribution is 2.39. The Morgan fingerprint density at radius 3 is 3.00 bits per heavy atom. The molecule has 1 aromatic heterocycles. The highest BCUT2D eigenvalue weighted by Gasteiger charge is 2.29. The standard InChI is InChI=1S/C7H8BrN3O2/c8-3-5(12)9-7-11-10-6(13-7)4-1-2-4/h4H,1-3H2,(H,9,11,12). The smallest absolute Gasteiger partial charge is 0.322 e. The molecule has 1 N–H and O–H groups in total. The Balaban J connectivity index is 2.00. The summed E-state index contributed by atoms with van der Waals surface area (Å²) in [6, 6.07) is 0.186. The van der Waals surface area contributed by atoms with Gasteiger partial charge in [0.25, 0.3) is 0 Å². The summed E-state index contributed by atoms with van der Waals surface area (Å²) in [4.78, 5) is 10.9. The number of halogens is 1. The molecule has 0 unspecified atom stereocenters. The zero-order valence-corrected chi connectivity index (χ0v) is 8.37. The summed E-state index contributed by atoms with van der Waals surface area (Å²) < 4.78 is 5.21. The predicted molar refractivity (Wildman–Crippen MR) is 48.7 cm³/mol. The molecule has 0 radical (unpaired) electrons. The molecule has 1 amide bonds. The Hall–Kier alpha value is -0.910. The summed E-state index contributed by atoms with van der Waals surface area (Å²) in [7, 11) is 0. The molecule has 1 saturated carbocycles. The number of amides is 1. The summed E-state index contributed by atoms with van der Waals surface area (Å²) in [6.45, 7) is 0. The first-order valence-electron chi connectivity index (χ1n) is 3.99. The number of hydrogen-bond donors (Lipinski definition) is 1. The van der Waals surface area contributed by atoms with Crippen molar-refractivity contribution in [1.29, 1.82) is 0 Å². The van der Waals surface area contributed by atoms with Gasteiger partial charge in [0.2, 0.25) is 11.8 Å². The van der Waals surface area contributed by atoms with Crippen LogP contribution in [0, 0.1) is 0 Å². The monoisotopic (exact) mass is 245 g/mol. The Labute approximate surface area is 83.0 Å². The van der Waals surface area contributed by atoms with Crippen LogP contribution in [0.25, 0.3) is 0 Å². The van der Waals surface area contributed by atoms with E-state index < -0.39 is 0 Å². The number of carbonyl (C=O) groups is 1. The minimum Gasteiger partial charge on any atom is -0.408 e. The summed E-state index contributed by atoms with van der Waals surface area (Å²) in [6.07, 6.45) is 2.21. The molecule has 5 nitrogen and oxygen atoms in total. The molecule has 13 heavy (non-hydrogen) atoms. The van der Waals surface area contributed by atoms with Gasteiger partial charge in [-0.15, -0.1) is 5.10 Å². The summed E-state index contributed by atoms with van der Waals surface area (Å²) in [5.74, 6) is 0.859. The number of hydrogen-bond acceptors (Lipinski definition) is 4. The maximum absolute atomic E-state index is 10.9. The third kappa shape index (κ3) is 2.06. The van der Waals surface area contributed by atoms with Crippen molar-refractivity contribution in [2.75, 3.05) is 10.6 Å². The number of nitrogens with zero attached hydrogens (tertiary/aromatic N) is 2. The zero-order chi connectivity index (χ0) is 9.26. The average Bonchev–Trinajstić information content (AvgIpc) is 2.88. The second kappa shape index (κ2) is 3.45. The fourth-order valence-electron chi connectivity index (χ4n) is 0.933. The van der Waals surface area contributed by atoms with Gasteiger partial charge in [-0.2, -0.15) is 0 Å². The number of aromatic nitrogens is 2. The first kappa shape index (κ1) is 8.68. The molecule has 0 bridgehead atoms. The fourth-order valence-corrected chi connectivity index (χ4v) is 1.07. The van der Waals surface area contributed by atoms with Gasteiger partial charge in [-0.25, -0.2) is 0 Å². The normalized spacial score (nSPS) is 15.8. The van der Waals surface area contributed by atoms with Crippen molar-refractivity contribution in [3.8, 4) is 0 Å². The molecule has 0 aromatic carbocycles. The van der Waals surface area contributed by atoms with Gasteiger partial charge in [0, 0.05) is 5.92 Å².